The Morgan fingerprint density at radius 3 is 2.70 bits per heavy atom. The molecule has 2 aromatic carbocycles. The van der Waals surface area contributed by atoms with E-state index in [-0.39, 0.29) is 5.57 Å². The summed E-state index contributed by atoms with van der Waals surface area (Å²) in [6.07, 6.45) is 1.52. The topological polar surface area (TPSA) is 62.1 Å². The fraction of sp³-hybridized carbons (Fsp3) is 0.0588. The summed E-state index contributed by atoms with van der Waals surface area (Å²) < 4.78 is 6.08. The van der Waals surface area contributed by atoms with Crippen LogP contribution in [0.1, 0.15) is 5.56 Å². The second-order valence-electron chi connectivity index (χ2n) is 4.50. The maximum absolute atomic E-state index is 12.2. The van der Waals surface area contributed by atoms with Gasteiger partial charge in [-0.3, -0.25) is 4.79 Å². The van der Waals surface area contributed by atoms with E-state index in [4.69, 9.17) is 16.3 Å². The molecule has 4 nitrogen and oxygen atoms in total. The van der Waals surface area contributed by atoms with Gasteiger partial charge in [0.2, 0.25) is 0 Å². The van der Waals surface area contributed by atoms with Gasteiger partial charge >= 0.3 is 0 Å². The van der Waals surface area contributed by atoms with Crippen LogP contribution < -0.4 is 10.1 Å². The van der Waals surface area contributed by atoms with Gasteiger partial charge < -0.3 is 10.1 Å². The predicted molar refractivity (Wildman–Crippen MR) is 99.4 cm³/mol. The number of rotatable bonds is 4. The number of hydrogen-bond donors (Lipinski definition) is 1. The molecule has 0 aromatic heterocycles. The van der Waals surface area contributed by atoms with Crippen LogP contribution in [0.2, 0.25) is 5.02 Å². The first-order valence-corrected chi connectivity index (χ1v) is 8.02. The van der Waals surface area contributed by atoms with Crippen molar-refractivity contribution in [1.82, 2.24) is 0 Å². The highest BCUT2D eigenvalue weighted by atomic mass is 127. The lowest BCUT2D eigenvalue weighted by Gasteiger charge is -2.07. The molecule has 0 radical (unpaired) electrons. The van der Waals surface area contributed by atoms with Crippen LogP contribution in [0.3, 0.4) is 0 Å². The van der Waals surface area contributed by atoms with Gasteiger partial charge in [-0.05, 0) is 58.5 Å². The second kappa shape index (κ2) is 7.99. The maximum Gasteiger partial charge on any atom is 0.266 e. The number of carbonyl (C=O) groups excluding carboxylic acids is 1. The number of ether oxygens (including phenoxy) is 1. The van der Waals surface area contributed by atoms with E-state index in [1.165, 1.54) is 6.08 Å². The van der Waals surface area contributed by atoms with E-state index in [0.717, 1.165) is 14.9 Å². The minimum Gasteiger partial charge on any atom is -0.496 e. The van der Waals surface area contributed by atoms with E-state index in [1.807, 2.05) is 12.1 Å². The van der Waals surface area contributed by atoms with Crippen molar-refractivity contribution in [3.63, 3.8) is 0 Å². The van der Waals surface area contributed by atoms with E-state index in [9.17, 15) is 10.1 Å². The van der Waals surface area contributed by atoms with E-state index < -0.39 is 5.91 Å². The van der Waals surface area contributed by atoms with Gasteiger partial charge in [0.25, 0.3) is 5.91 Å². The zero-order valence-electron chi connectivity index (χ0n) is 12.1. The van der Waals surface area contributed by atoms with Crippen molar-refractivity contribution in [3.8, 4) is 11.8 Å². The molecule has 116 valence electrons. The lowest BCUT2D eigenvalue weighted by Crippen LogP contribution is -2.13. The summed E-state index contributed by atoms with van der Waals surface area (Å²) in [5, 5.41) is 12.3. The predicted octanol–water partition coefficient (Wildman–Crippen LogP) is 4.50. The lowest BCUT2D eigenvalue weighted by molar-refractivity contribution is -0.112. The third-order valence-corrected chi connectivity index (χ3v) is 4.15. The van der Waals surface area contributed by atoms with Crippen LogP contribution in [0.4, 0.5) is 5.69 Å². The monoisotopic (exact) mass is 438 g/mol. The number of amides is 1. The fourth-order valence-corrected chi connectivity index (χ4v) is 2.78. The molecule has 0 fully saturated rings. The van der Waals surface area contributed by atoms with Crippen LogP contribution in [-0.2, 0) is 4.79 Å². The van der Waals surface area contributed by atoms with Crippen LogP contribution in [0.5, 0.6) is 5.75 Å². The van der Waals surface area contributed by atoms with Gasteiger partial charge in [0.15, 0.2) is 0 Å². The molecule has 1 N–H and O–H groups in total. The van der Waals surface area contributed by atoms with E-state index >= 15 is 0 Å². The number of para-hydroxylation sites is 1. The smallest absolute Gasteiger partial charge is 0.266 e. The number of nitrogens with zero attached hydrogens (tertiary/aromatic N) is 1. The summed E-state index contributed by atoms with van der Waals surface area (Å²) >= 11 is 8.13. The number of nitriles is 1. The van der Waals surface area contributed by atoms with Gasteiger partial charge in [0.1, 0.15) is 17.4 Å². The Hall–Kier alpha value is -2.04. The van der Waals surface area contributed by atoms with Gasteiger partial charge in [0, 0.05) is 0 Å². The molecule has 0 aliphatic carbocycles. The van der Waals surface area contributed by atoms with Crippen LogP contribution in [0.25, 0.3) is 6.08 Å². The Morgan fingerprint density at radius 1 is 1.35 bits per heavy atom. The average molecular weight is 439 g/mol. The summed E-state index contributed by atoms with van der Waals surface area (Å²) in [5.74, 6) is 0.230. The number of halogens is 2. The molecule has 2 rings (SSSR count). The largest absolute Gasteiger partial charge is 0.496 e. The number of anilines is 1. The Bertz CT molecular complexity index is 812. The SMILES string of the molecule is COc1ccc(/C=C(\C#N)C(=O)Nc2ccccc2Cl)cc1I. The van der Waals surface area contributed by atoms with Crippen LogP contribution in [-0.4, -0.2) is 13.0 Å². The minimum atomic E-state index is -0.508. The lowest BCUT2D eigenvalue weighted by atomic mass is 10.1. The Morgan fingerprint density at radius 2 is 2.09 bits per heavy atom. The van der Waals surface area contributed by atoms with Gasteiger partial charge in [-0.1, -0.05) is 29.8 Å². The van der Waals surface area contributed by atoms with Crippen molar-refractivity contribution in [2.24, 2.45) is 0 Å². The number of benzene rings is 2. The van der Waals surface area contributed by atoms with Crippen molar-refractivity contribution < 1.29 is 9.53 Å². The second-order valence-corrected chi connectivity index (χ2v) is 6.07. The first-order chi connectivity index (χ1) is 11.0. The Labute approximate surface area is 152 Å². The molecule has 0 spiro atoms. The first-order valence-electron chi connectivity index (χ1n) is 6.56. The molecule has 2 aromatic rings. The minimum absolute atomic E-state index is 0.00844. The van der Waals surface area contributed by atoms with Crippen molar-refractivity contribution in [2.75, 3.05) is 12.4 Å². The highest BCUT2D eigenvalue weighted by Crippen LogP contribution is 2.24. The zero-order valence-corrected chi connectivity index (χ0v) is 15.1. The Kier molecular flexibility index (Phi) is 6.02. The molecule has 0 heterocycles. The molecule has 0 saturated heterocycles. The zero-order chi connectivity index (χ0) is 16.8. The summed E-state index contributed by atoms with van der Waals surface area (Å²) in [6.45, 7) is 0. The molecule has 23 heavy (non-hydrogen) atoms. The third kappa shape index (κ3) is 4.47. The number of nitrogens with one attached hydrogen (secondary N) is 1. The van der Waals surface area contributed by atoms with Crippen molar-refractivity contribution >= 4 is 51.9 Å². The Balaban J connectivity index is 2.25. The number of carbonyl (C=O) groups is 1. The normalized spacial score (nSPS) is 10.8. The first kappa shape index (κ1) is 17.3. The molecule has 0 aliphatic rings. The average Bonchev–Trinajstić information content (AvgIpc) is 2.54. The van der Waals surface area contributed by atoms with E-state index in [1.54, 1.807) is 43.5 Å². The van der Waals surface area contributed by atoms with Crippen LogP contribution in [0, 0.1) is 14.9 Å². The summed E-state index contributed by atoms with van der Waals surface area (Å²) in [7, 11) is 1.59. The van der Waals surface area contributed by atoms with Crippen LogP contribution in [0.15, 0.2) is 48.0 Å². The van der Waals surface area contributed by atoms with Gasteiger partial charge in [0.05, 0.1) is 21.4 Å². The highest BCUT2D eigenvalue weighted by molar-refractivity contribution is 14.1. The molecule has 6 heteroatoms. The maximum atomic E-state index is 12.2. The van der Waals surface area contributed by atoms with Gasteiger partial charge in [-0.2, -0.15) is 5.26 Å². The number of hydrogen-bond acceptors (Lipinski definition) is 3. The van der Waals surface area contributed by atoms with Gasteiger partial charge in [-0.15, -0.1) is 0 Å². The molecule has 0 aliphatic heterocycles. The summed E-state index contributed by atoms with van der Waals surface area (Å²) in [5.41, 5.74) is 1.19. The summed E-state index contributed by atoms with van der Waals surface area (Å²) in [6, 6.07) is 14.2. The third-order valence-electron chi connectivity index (χ3n) is 2.97. The molecular formula is C17H12ClIN2O2. The highest BCUT2D eigenvalue weighted by Gasteiger charge is 2.11. The van der Waals surface area contributed by atoms with E-state index in [0.29, 0.717) is 10.7 Å². The van der Waals surface area contributed by atoms with Crippen molar-refractivity contribution in [2.45, 2.75) is 0 Å². The quantitative estimate of drug-likeness (QED) is 0.434. The van der Waals surface area contributed by atoms with E-state index in [2.05, 4.69) is 27.9 Å². The number of methoxy groups -OCH3 is 1. The molecule has 0 unspecified atom stereocenters. The molecule has 0 atom stereocenters. The molecular weight excluding hydrogens is 427 g/mol. The fourth-order valence-electron chi connectivity index (χ4n) is 1.84. The molecule has 0 saturated carbocycles. The van der Waals surface area contributed by atoms with Crippen molar-refractivity contribution in [3.05, 3.63) is 62.2 Å². The standard InChI is InChI=1S/C17H12ClIN2O2/c1-23-16-7-6-11(9-14(16)19)8-12(10-20)17(22)21-15-5-3-2-4-13(15)18/h2-9H,1H3,(H,21,22)/b12-8+. The van der Waals surface area contributed by atoms with Crippen LogP contribution >= 0.6 is 34.2 Å². The molecule has 0 bridgehead atoms. The summed E-state index contributed by atoms with van der Waals surface area (Å²) in [4.78, 5) is 12.2. The molecule has 1 amide bonds. The van der Waals surface area contributed by atoms with Gasteiger partial charge in [-0.25, -0.2) is 0 Å². The van der Waals surface area contributed by atoms with Crippen molar-refractivity contribution in [1.29, 1.82) is 5.26 Å².